The van der Waals surface area contributed by atoms with Crippen molar-refractivity contribution in [3.8, 4) is 0 Å². The molecule has 0 N–H and O–H groups in total. The summed E-state index contributed by atoms with van der Waals surface area (Å²) in [4.78, 5) is 11.9. The Morgan fingerprint density at radius 2 is 1.80 bits per heavy atom. The summed E-state index contributed by atoms with van der Waals surface area (Å²) in [6.45, 7) is 15.1. The van der Waals surface area contributed by atoms with Gasteiger partial charge in [-0.25, -0.2) is 0 Å². The second-order valence-electron chi connectivity index (χ2n) is 7.85. The lowest BCUT2D eigenvalue weighted by Crippen LogP contribution is -2.40. The largest absolute Gasteiger partial charge is 0.547 e. The molecule has 0 aromatic rings. The van der Waals surface area contributed by atoms with Crippen LogP contribution >= 0.6 is 0 Å². The van der Waals surface area contributed by atoms with E-state index in [1.165, 1.54) is 7.11 Å². The van der Waals surface area contributed by atoms with E-state index in [1.807, 2.05) is 13.8 Å². The van der Waals surface area contributed by atoms with Crippen LogP contribution in [-0.4, -0.2) is 21.4 Å². The van der Waals surface area contributed by atoms with Crippen molar-refractivity contribution in [2.24, 2.45) is 11.3 Å². The molecule has 0 fully saturated rings. The summed E-state index contributed by atoms with van der Waals surface area (Å²) < 4.78 is 11.3. The molecule has 0 saturated heterocycles. The van der Waals surface area contributed by atoms with E-state index in [0.29, 0.717) is 0 Å². The third-order valence-corrected chi connectivity index (χ3v) is 9.30. The molecule has 1 atom stereocenters. The van der Waals surface area contributed by atoms with Gasteiger partial charge in [-0.2, -0.15) is 0 Å². The van der Waals surface area contributed by atoms with Crippen molar-refractivity contribution in [3.63, 3.8) is 0 Å². The predicted octanol–water partition coefficient (Wildman–Crippen LogP) is 4.50. The van der Waals surface area contributed by atoms with Crippen LogP contribution in [0.2, 0.25) is 18.1 Å². The van der Waals surface area contributed by atoms with Crippen LogP contribution in [0.15, 0.2) is 11.8 Å². The Balaban J connectivity index is 2.83. The zero-order chi connectivity index (χ0) is 15.8. The highest BCUT2D eigenvalue weighted by atomic mass is 28.4. The average Bonchev–Trinajstić information content (AvgIpc) is 2.74. The molecule has 0 aromatic heterocycles. The van der Waals surface area contributed by atoms with Gasteiger partial charge in [-0.15, -0.1) is 0 Å². The quantitative estimate of drug-likeness (QED) is 0.566. The van der Waals surface area contributed by atoms with Crippen molar-refractivity contribution >= 4 is 14.3 Å². The Morgan fingerprint density at radius 1 is 1.25 bits per heavy atom. The smallest absolute Gasteiger partial charge is 0.311 e. The molecule has 1 aliphatic carbocycles. The molecule has 0 heterocycles. The number of esters is 1. The van der Waals surface area contributed by atoms with E-state index in [2.05, 4.69) is 39.9 Å². The Kier molecular flexibility index (Phi) is 4.79. The molecule has 0 amide bonds. The first-order chi connectivity index (χ1) is 8.91. The van der Waals surface area contributed by atoms with Crippen LogP contribution in [0.3, 0.4) is 0 Å². The number of allylic oxidation sites excluding steroid dienone is 2. The summed E-state index contributed by atoms with van der Waals surface area (Å²) in [6.07, 6.45) is 4.04. The van der Waals surface area contributed by atoms with Crippen molar-refractivity contribution < 1.29 is 14.0 Å². The van der Waals surface area contributed by atoms with Crippen LogP contribution < -0.4 is 0 Å². The fraction of sp³-hybridized carbons (Fsp3) is 0.812. The number of rotatable bonds is 4. The Morgan fingerprint density at radius 3 is 2.25 bits per heavy atom. The van der Waals surface area contributed by atoms with Crippen LogP contribution in [-0.2, 0) is 14.0 Å². The van der Waals surface area contributed by atoms with Gasteiger partial charge in [0.05, 0.1) is 18.3 Å². The van der Waals surface area contributed by atoms with E-state index in [1.54, 1.807) is 0 Å². The van der Waals surface area contributed by atoms with Crippen LogP contribution in [0.5, 0.6) is 0 Å². The summed E-state index contributed by atoms with van der Waals surface area (Å²) in [5.41, 5.74) is -0.479. The Bertz CT molecular complexity index is 402. The number of carbonyl (C=O) groups is 1. The summed E-state index contributed by atoms with van der Waals surface area (Å²) in [5, 5.41) is 0.198. The number of carbonyl (C=O) groups excluding carboxylic acids is 1. The van der Waals surface area contributed by atoms with Crippen LogP contribution in [0, 0.1) is 11.3 Å². The van der Waals surface area contributed by atoms with Gasteiger partial charge in [-0.3, -0.25) is 4.79 Å². The SMILES string of the molecule is COC(=O)C(C)(C)[C@H]1C=C(O[Si](C)(C)C(C)(C)C)CC1. The van der Waals surface area contributed by atoms with Crippen molar-refractivity contribution in [1.29, 1.82) is 0 Å². The van der Waals surface area contributed by atoms with E-state index in [4.69, 9.17) is 9.16 Å². The van der Waals surface area contributed by atoms with Crippen LogP contribution in [0.4, 0.5) is 0 Å². The van der Waals surface area contributed by atoms with Gasteiger partial charge in [0.25, 0.3) is 0 Å². The fourth-order valence-corrected chi connectivity index (χ4v) is 3.37. The van der Waals surface area contributed by atoms with Crippen molar-refractivity contribution in [1.82, 2.24) is 0 Å². The third kappa shape index (κ3) is 3.46. The maximum absolute atomic E-state index is 11.9. The molecule has 20 heavy (non-hydrogen) atoms. The first-order valence-corrected chi connectivity index (χ1v) is 10.3. The van der Waals surface area contributed by atoms with E-state index >= 15 is 0 Å². The van der Waals surface area contributed by atoms with Crippen molar-refractivity contribution in [3.05, 3.63) is 11.8 Å². The molecule has 4 heteroatoms. The van der Waals surface area contributed by atoms with Gasteiger partial charge in [-0.05, 0) is 50.4 Å². The molecule has 0 aromatic carbocycles. The first-order valence-electron chi connectivity index (χ1n) is 7.40. The van der Waals surface area contributed by atoms with Gasteiger partial charge >= 0.3 is 5.97 Å². The summed E-state index contributed by atoms with van der Waals surface area (Å²) in [5.74, 6) is 1.13. The molecule has 3 nitrogen and oxygen atoms in total. The van der Waals surface area contributed by atoms with Gasteiger partial charge in [-0.1, -0.05) is 20.8 Å². The minimum atomic E-state index is -1.78. The van der Waals surface area contributed by atoms with Gasteiger partial charge in [0.2, 0.25) is 8.32 Å². The topological polar surface area (TPSA) is 35.5 Å². The molecule has 0 spiro atoms. The normalized spacial score (nSPS) is 20.6. The molecular formula is C16H30O3Si. The third-order valence-electron chi connectivity index (χ3n) is 4.92. The molecule has 0 aliphatic heterocycles. The summed E-state index contributed by atoms with van der Waals surface area (Å²) in [6, 6.07) is 0. The first kappa shape index (κ1) is 17.3. The predicted molar refractivity (Wildman–Crippen MR) is 84.9 cm³/mol. The summed E-state index contributed by atoms with van der Waals surface area (Å²) >= 11 is 0. The fourth-order valence-electron chi connectivity index (χ4n) is 2.24. The lowest BCUT2D eigenvalue weighted by molar-refractivity contribution is -0.152. The molecule has 1 rings (SSSR count). The highest BCUT2D eigenvalue weighted by Crippen LogP contribution is 2.43. The number of hydrogen-bond donors (Lipinski definition) is 0. The van der Waals surface area contributed by atoms with E-state index < -0.39 is 13.7 Å². The summed E-state index contributed by atoms with van der Waals surface area (Å²) in [7, 11) is -0.324. The number of methoxy groups -OCH3 is 1. The maximum atomic E-state index is 11.9. The van der Waals surface area contributed by atoms with E-state index in [0.717, 1.165) is 18.6 Å². The number of hydrogen-bond acceptors (Lipinski definition) is 3. The van der Waals surface area contributed by atoms with Gasteiger partial charge in [0.15, 0.2) is 0 Å². The zero-order valence-electron chi connectivity index (χ0n) is 14.3. The lowest BCUT2D eigenvalue weighted by atomic mass is 9.78. The maximum Gasteiger partial charge on any atom is 0.311 e. The monoisotopic (exact) mass is 298 g/mol. The molecular weight excluding hydrogens is 268 g/mol. The minimum Gasteiger partial charge on any atom is -0.547 e. The molecule has 0 radical (unpaired) electrons. The standard InChI is InChI=1S/C16H30O3Si/c1-15(2,3)20(7,8)19-13-10-9-12(11-13)16(4,5)14(17)18-6/h11-12H,9-10H2,1-8H3/t12-/m1/s1. The number of ether oxygens (including phenoxy) is 1. The van der Waals surface area contributed by atoms with Crippen LogP contribution in [0.25, 0.3) is 0 Å². The second-order valence-corrected chi connectivity index (χ2v) is 12.6. The van der Waals surface area contributed by atoms with E-state index in [-0.39, 0.29) is 16.9 Å². The van der Waals surface area contributed by atoms with Crippen LogP contribution in [0.1, 0.15) is 47.5 Å². The Labute approximate surface area is 124 Å². The zero-order valence-corrected chi connectivity index (χ0v) is 15.3. The highest BCUT2D eigenvalue weighted by molar-refractivity contribution is 6.74. The molecule has 0 saturated carbocycles. The molecule has 0 bridgehead atoms. The highest BCUT2D eigenvalue weighted by Gasteiger charge is 2.43. The van der Waals surface area contributed by atoms with Crippen molar-refractivity contribution in [2.75, 3.05) is 7.11 Å². The molecule has 1 aliphatic rings. The lowest BCUT2D eigenvalue weighted by Gasteiger charge is -2.37. The molecule has 116 valence electrons. The van der Waals surface area contributed by atoms with Crippen molar-refractivity contribution in [2.45, 2.75) is 65.6 Å². The second kappa shape index (κ2) is 5.55. The van der Waals surface area contributed by atoms with Gasteiger partial charge in [0.1, 0.15) is 0 Å². The van der Waals surface area contributed by atoms with E-state index in [9.17, 15) is 4.79 Å². The average molecular weight is 298 g/mol. The minimum absolute atomic E-state index is 0.146. The Hall–Kier alpha value is -0.773. The van der Waals surface area contributed by atoms with Gasteiger partial charge < -0.3 is 9.16 Å². The molecule has 0 unspecified atom stereocenters. The van der Waals surface area contributed by atoms with Gasteiger partial charge in [0, 0.05) is 6.42 Å².